The summed E-state index contributed by atoms with van der Waals surface area (Å²) in [4.78, 5) is 12.9. The minimum absolute atomic E-state index is 0.139. The summed E-state index contributed by atoms with van der Waals surface area (Å²) in [7, 11) is 0. The number of unbranched alkanes of at least 4 members (excludes halogenated alkanes) is 19. The first-order valence-corrected chi connectivity index (χ1v) is 19.4. The van der Waals surface area contributed by atoms with Crippen LogP contribution >= 0.6 is 0 Å². The Morgan fingerprint density at radius 2 is 1.19 bits per heavy atom. The van der Waals surface area contributed by atoms with Gasteiger partial charge in [-0.3, -0.25) is 4.79 Å². The number of aliphatic hydroxyl groups excluding tert-OH is 5. The SMILES string of the molecule is CCCCCCC/C=C/CCCCCCCC(=O)N[C@@H](CO[C@H]1O[C@@H](CO)[C@H](O)C(O)C1O)[C@H](O)CCCCCCCCCCCC. The largest absolute Gasteiger partial charge is 0.394 e. The average Bonchev–Trinajstić information content (AvgIpc) is 3.07. The van der Waals surface area contributed by atoms with Crippen molar-refractivity contribution in [1.29, 1.82) is 0 Å². The van der Waals surface area contributed by atoms with Gasteiger partial charge in [-0.05, 0) is 38.5 Å². The number of hydrogen-bond acceptors (Lipinski definition) is 8. The van der Waals surface area contributed by atoms with E-state index in [9.17, 15) is 30.3 Å². The Morgan fingerprint density at radius 3 is 1.72 bits per heavy atom. The van der Waals surface area contributed by atoms with Gasteiger partial charge in [-0.2, -0.15) is 0 Å². The maximum atomic E-state index is 12.9. The van der Waals surface area contributed by atoms with Crippen LogP contribution in [0.5, 0.6) is 0 Å². The molecule has 0 aromatic rings. The Labute approximate surface area is 286 Å². The van der Waals surface area contributed by atoms with Crippen molar-refractivity contribution in [2.24, 2.45) is 0 Å². The van der Waals surface area contributed by atoms with Crippen molar-refractivity contribution in [3.05, 3.63) is 12.2 Å². The Bertz CT molecular complexity index is 751. The predicted molar refractivity (Wildman–Crippen MR) is 189 cm³/mol. The molecule has 47 heavy (non-hydrogen) atoms. The smallest absolute Gasteiger partial charge is 0.220 e. The highest BCUT2D eigenvalue weighted by Gasteiger charge is 2.44. The van der Waals surface area contributed by atoms with E-state index in [0.29, 0.717) is 12.8 Å². The van der Waals surface area contributed by atoms with Crippen LogP contribution in [-0.2, 0) is 14.3 Å². The summed E-state index contributed by atoms with van der Waals surface area (Å²) in [6.07, 6.45) is 23.6. The second kappa shape index (κ2) is 29.8. The van der Waals surface area contributed by atoms with Crippen molar-refractivity contribution in [3.63, 3.8) is 0 Å². The number of carbonyl (C=O) groups is 1. The highest BCUT2D eigenvalue weighted by Crippen LogP contribution is 2.23. The summed E-state index contributed by atoms with van der Waals surface area (Å²) >= 11 is 0. The van der Waals surface area contributed by atoms with Gasteiger partial charge in [0.2, 0.25) is 5.91 Å². The van der Waals surface area contributed by atoms with Gasteiger partial charge in [0.25, 0.3) is 0 Å². The fourth-order valence-electron chi connectivity index (χ4n) is 6.15. The van der Waals surface area contributed by atoms with Gasteiger partial charge in [0.15, 0.2) is 6.29 Å². The second-order valence-corrected chi connectivity index (χ2v) is 13.7. The normalized spacial score (nSPS) is 22.9. The van der Waals surface area contributed by atoms with Gasteiger partial charge in [-0.25, -0.2) is 0 Å². The summed E-state index contributed by atoms with van der Waals surface area (Å²) in [6.45, 7) is 3.78. The molecule has 0 saturated carbocycles. The average molecular weight is 672 g/mol. The number of allylic oxidation sites excluding steroid dienone is 2. The molecule has 6 N–H and O–H groups in total. The Kier molecular flexibility index (Phi) is 27.9. The van der Waals surface area contributed by atoms with Gasteiger partial charge in [-0.1, -0.05) is 135 Å². The quantitative estimate of drug-likeness (QED) is 0.0357. The zero-order chi connectivity index (χ0) is 34.5. The first-order chi connectivity index (χ1) is 22.8. The van der Waals surface area contributed by atoms with Crippen LogP contribution in [0.4, 0.5) is 0 Å². The molecule has 1 rings (SSSR count). The van der Waals surface area contributed by atoms with Crippen LogP contribution < -0.4 is 5.32 Å². The summed E-state index contributed by atoms with van der Waals surface area (Å²) in [6, 6.07) is -0.716. The highest BCUT2D eigenvalue weighted by molar-refractivity contribution is 5.76. The molecule has 0 radical (unpaired) electrons. The van der Waals surface area contributed by atoms with Gasteiger partial charge in [0, 0.05) is 6.42 Å². The van der Waals surface area contributed by atoms with Crippen molar-refractivity contribution < 1.29 is 39.8 Å². The first kappa shape index (κ1) is 44.0. The van der Waals surface area contributed by atoms with E-state index in [-0.39, 0.29) is 12.5 Å². The number of aliphatic hydroxyl groups is 5. The summed E-state index contributed by atoms with van der Waals surface area (Å²) in [5, 5.41) is 54.0. The van der Waals surface area contributed by atoms with Gasteiger partial charge in [0.1, 0.15) is 24.4 Å². The molecule has 0 aromatic heterocycles. The van der Waals surface area contributed by atoms with Gasteiger partial charge in [-0.15, -0.1) is 0 Å². The molecule has 0 aliphatic carbocycles. The number of hydrogen-bond donors (Lipinski definition) is 6. The Hall–Kier alpha value is -1.07. The minimum atomic E-state index is -1.55. The number of carbonyl (C=O) groups excluding carboxylic acids is 1. The third kappa shape index (κ3) is 21.6. The lowest BCUT2D eigenvalue weighted by molar-refractivity contribution is -0.302. The minimum Gasteiger partial charge on any atom is -0.394 e. The van der Waals surface area contributed by atoms with E-state index in [1.807, 2.05) is 0 Å². The molecule has 7 atom stereocenters. The van der Waals surface area contributed by atoms with Gasteiger partial charge in [0.05, 0.1) is 25.4 Å². The molecule has 9 heteroatoms. The molecule has 0 spiro atoms. The summed E-state index contributed by atoms with van der Waals surface area (Å²) in [5.74, 6) is -0.156. The molecule has 1 amide bonds. The molecule has 2 unspecified atom stereocenters. The lowest BCUT2D eigenvalue weighted by Crippen LogP contribution is -2.60. The molecule has 0 aromatic carbocycles. The lowest BCUT2D eigenvalue weighted by atomic mass is 9.99. The predicted octanol–water partition coefficient (Wildman–Crippen LogP) is 6.61. The monoisotopic (exact) mass is 672 g/mol. The van der Waals surface area contributed by atoms with Crippen LogP contribution in [0.2, 0.25) is 0 Å². The van der Waals surface area contributed by atoms with Crippen LogP contribution in [0.25, 0.3) is 0 Å². The topological polar surface area (TPSA) is 149 Å². The molecule has 278 valence electrons. The van der Waals surface area contributed by atoms with E-state index in [1.165, 1.54) is 89.9 Å². The number of amides is 1. The standard InChI is InChI=1S/C38H73NO8/c1-3-5-7-9-11-13-15-16-17-18-20-22-24-26-28-34(42)39-31(30-46-38-37(45)36(44)35(43)33(29-40)47-38)32(41)27-25-23-21-19-14-12-10-8-6-4-2/h15-16,31-33,35-38,40-41,43-45H,3-14,17-30H2,1-2H3,(H,39,42)/b16-15+/t31-,32+,33-,35-,36?,37?,38-/m0/s1. The first-order valence-electron chi connectivity index (χ1n) is 19.4. The Morgan fingerprint density at radius 1 is 0.702 bits per heavy atom. The molecule has 1 heterocycles. The van der Waals surface area contributed by atoms with Gasteiger partial charge >= 0.3 is 0 Å². The zero-order valence-corrected chi connectivity index (χ0v) is 30.0. The number of ether oxygens (including phenoxy) is 2. The van der Waals surface area contributed by atoms with Crippen molar-refractivity contribution in [1.82, 2.24) is 5.32 Å². The fraction of sp³-hybridized carbons (Fsp3) is 0.921. The van der Waals surface area contributed by atoms with Crippen LogP contribution in [0.15, 0.2) is 12.2 Å². The summed E-state index contributed by atoms with van der Waals surface area (Å²) < 4.78 is 11.2. The van der Waals surface area contributed by atoms with Crippen molar-refractivity contribution in [2.45, 2.75) is 211 Å². The number of rotatable bonds is 31. The third-order valence-corrected chi connectivity index (χ3v) is 9.37. The molecule has 1 aliphatic rings. The van der Waals surface area contributed by atoms with E-state index in [2.05, 4.69) is 31.3 Å². The second-order valence-electron chi connectivity index (χ2n) is 13.7. The van der Waals surface area contributed by atoms with Crippen molar-refractivity contribution in [2.75, 3.05) is 13.2 Å². The van der Waals surface area contributed by atoms with Crippen molar-refractivity contribution in [3.8, 4) is 0 Å². The maximum Gasteiger partial charge on any atom is 0.220 e. The molecular weight excluding hydrogens is 598 g/mol. The third-order valence-electron chi connectivity index (χ3n) is 9.37. The Balaban J connectivity index is 2.42. The lowest BCUT2D eigenvalue weighted by Gasteiger charge is -2.40. The maximum absolute atomic E-state index is 12.9. The molecule has 1 saturated heterocycles. The van der Waals surface area contributed by atoms with E-state index in [1.54, 1.807) is 0 Å². The van der Waals surface area contributed by atoms with Gasteiger partial charge < -0.3 is 40.3 Å². The molecular formula is C38H73NO8. The van der Waals surface area contributed by atoms with Crippen LogP contribution in [0.3, 0.4) is 0 Å². The van der Waals surface area contributed by atoms with E-state index in [0.717, 1.165) is 51.4 Å². The van der Waals surface area contributed by atoms with Crippen LogP contribution in [0.1, 0.15) is 168 Å². The molecule has 1 fully saturated rings. The molecule has 0 bridgehead atoms. The zero-order valence-electron chi connectivity index (χ0n) is 30.0. The van der Waals surface area contributed by atoms with E-state index >= 15 is 0 Å². The number of nitrogens with one attached hydrogen (secondary N) is 1. The molecule has 1 aliphatic heterocycles. The van der Waals surface area contributed by atoms with Crippen molar-refractivity contribution >= 4 is 5.91 Å². The van der Waals surface area contributed by atoms with E-state index in [4.69, 9.17) is 9.47 Å². The summed E-state index contributed by atoms with van der Waals surface area (Å²) in [5.41, 5.74) is 0. The van der Waals surface area contributed by atoms with Crippen LogP contribution in [0, 0.1) is 0 Å². The molecule has 9 nitrogen and oxygen atoms in total. The van der Waals surface area contributed by atoms with Crippen LogP contribution in [-0.4, -0.2) is 87.5 Å². The highest BCUT2D eigenvalue weighted by atomic mass is 16.7. The fourth-order valence-corrected chi connectivity index (χ4v) is 6.15. The van der Waals surface area contributed by atoms with E-state index < -0.39 is 49.5 Å².